The zero-order valence-corrected chi connectivity index (χ0v) is 7.92. The molecule has 78 valence electrons. The highest BCUT2D eigenvalue weighted by molar-refractivity contribution is 5.98. The number of nitrogen functional groups attached to an aromatic ring is 1. The van der Waals surface area contributed by atoms with Crippen LogP contribution in [0.3, 0.4) is 0 Å². The third kappa shape index (κ3) is 2.10. The van der Waals surface area contributed by atoms with Crippen LogP contribution in [0.2, 0.25) is 0 Å². The van der Waals surface area contributed by atoms with E-state index < -0.39 is 12.2 Å². The number of hydrogen-bond donors (Lipinski definition) is 1. The molecule has 0 unspecified atom stereocenters. The SMILES string of the molecule is CC(=O)c1cc(C(F)F)cc(N)c1C#N. The van der Waals surface area contributed by atoms with E-state index in [0.29, 0.717) is 0 Å². The van der Waals surface area contributed by atoms with E-state index in [1.54, 1.807) is 6.07 Å². The predicted molar refractivity (Wildman–Crippen MR) is 50.5 cm³/mol. The Morgan fingerprint density at radius 2 is 2.13 bits per heavy atom. The minimum absolute atomic E-state index is 0.0492. The van der Waals surface area contributed by atoms with E-state index in [4.69, 9.17) is 11.0 Å². The predicted octanol–water partition coefficient (Wildman–Crippen LogP) is 2.28. The lowest BCUT2D eigenvalue weighted by Crippen LogP contribution is -2.03. The molecule has 0 aromatic heterocycles. The Balaban J connectivity index is 3.47. The van der Waals surface area contributed by atoms with E-state index in [9.17, 15) is 13.6 Å². The standard InChI is InChI=1S/C10H8F2N2O/c1-5(15)7-2-6(10(11)12)3-9(14)8(7)4-13/h2-3,10H,14H2,1H3. The third-order valence-electron chi connectivity index (χ3n) is 1.93. The van der Waals surface area contributed by atoms with Crippen molar-refractivity contribution in [2.45, 2.75) is 13.3 Å². The van der Waals surface area contributed by atoms with Crippen molar-refractivity contribution in [3.63, 3.8) is 0 Å². The fourth-order valence-corrected chi connectivity index (χ4v) is 1.22. The molecular formula is C10H8F2N2O. The molecule has 0 saturated carbocycles. The van der Waals surface area contributed by atoms with Gasteiger partial charge >= 0.3 is 0 Å². The summed E-state index contributed by atoms with van der Waals surface area (Å²) in [6, 6.07) is 3.73. The number of nitrogens with two attached hydrogens (primary N) is 1. The van der Waals surface area contributed by atoms with Crippen LogP contribution in [-0.2, 0) is 0 Å². The molecule has 0 radical (unpaired) electrons. The van der Waals surface area contributed by atoms with Gasteiger partial charge in [0.15, 0.2) is 5.78 Å². The minimum Gasteiger partial charge on any atom is -0.398 e. The number of halogens is 2. The fourth-order valence-electron chi connectivity index (χ4n) is 1.22. The van der Waals surface area contributed by atoms with Crippen molar-refractivity contribution in [2.24, 2.45) is 0 Å². The number of anilines is 1. The molecule has 0 aliphatic rings. The van der Waals surface area contributed by atoms with Crippen molar-refractivity contribution in [1.82, 2.24) is 0 Å². The van der Waals surface area contributed by atoms with Crippen LogP contribution in [0.1, 0.15) is 34.8 Å². The summed E-state index contributed by atoms with van der Waals surface area (Å²) in [6.07, 6.45) is -2.71. The van der Waals surface area contributed by atoms with Crippen LogP contribution in [0.4, 0.5) is 14.5 Å². The number of benzene rings is 1. The number of nitriles is 1. The number of rotatable bonds is 2. The fraction of sp³-hybridized carbons (Fsp3) is 0.200. The largest absolute Gasteiger partial charge is 0.398 e. The summed E-state index contributed by atoms with van der Waals surface area (Å²) < 4.78 is 24.8. The van der Waals surface area contributed by atoms with Gasteiger partial charge in [0.2, 0.25) is 0 Å². The van der Waals surface area contributed by atoms with Gasteiger partial charge in [-0.25, -0.2) is 8.78 Å². The van der Waals surface area contributed by atoms with Gasteiger partial charge in [0.25, 0.3) is 6.43 Å². The highest BCUT2D eigenvalue weighted by atomic mass is 19.3. The Bertz CT molecular complexity index is 449. The number of Topliss-reactive ketones (excluding diaryl/α,β-unsaturated/α-hetero) is 1. The lowest BCUT2D eigenvalue weighted by Gasteiger charge is -2.07. The molecular weight excluding hydrogens is 202 g/mol. The number of carbonyl (C=O) groups excluding carboxylic acids is 1. The first-order chi connectivity index (χ1) is 6.97. The second-order valence-corrected chi connectivity index (χ2v) is 3.00. The molecule has 0 bridgehead atoms. The molecule has 0 heterocycles. The van der Waals surface area contributed by atoms with Crippen molar-refractivity contribution in [3.8, 4) is 6.07 Å². The maximum atomic E-state index is 12.4. The van der Waals surface area contributed by atoms with Gasteiger partial charge < -0.3 is 5.73 Å². The maximum absolute atomic E-state index is 12.4. The van der Waals surface area contributed by atoms with Gasteiger partial charge in [-0.15, -0.1) is 0 Å². The average molecular weight is 210 g/mol. The Morgan fingerprint density at radius 3 is 2.53 bits per heavy atom. The quantitative estimate of drug-likeness (QED) is 0.601. The Labute approximate surface area is 85.1 Å². The van der Waals surface area contributed by atoms with Crippen LogP contribution in [-0.4, -0.2) is 5.78 Å². The number of carbonyl (C=O) groups is 1. The molecule has 0 spiro atoms. The Morgan fingerprint density at radius 1 is 1.53 bits per heavy atom. The van der Waals surface area contributed by atoms with Crippen LogP contribution in [0, 0.1) is 11.3 Å². The summed E-state index contributed by atoms with van der Waals surface area (Å²) >= 11 is 0. The summed E-state index contributed by atoms with van der Waals surface area (Å²) in [5, 5.41) is 8.71. The van der Waals surface area contributed by atoms with E-state index in [1.807, 2.05) is 0 Å². The highest BCUT2D eigenvalue weighted by Crippen LogP contribution is 2.26. The normalized spacial score (nSPS) is 10.1. The molecule has 0 saturated heterocycles. The van der Waals surface area contributed by atoms with Gasteiger partial charge in [-0.3, -0.25) is 4.79 Å². The minimum atomic E-state index is -2.71. The molecule has 3 nitrogen and oxygen atoms in total. The number of ketones is 1. The third-order valence-corrected chi connectivity index (χ3v) is 1.93. The number of hydrogen-bond acceptors (Lipinski definition) is 3. The van der Waals surface area contributed by atoms with Crippen molar-refractivity contribution in [2.75, 3.05) is 5.73 Å². The van der Waals surface area contributed by atoms with Crippen molar-refractivity contribution in [3.05, 3.63) is 28.8 Å². The highest BCUT2D eigenvalue weighted by Gasteiger charge is 2.16. The first-order valence-electron chi connectivity index (χ1n) is 4.10. The number of alkyl halides is 2. The van der Waals surface area contributed by atoms with E-state index >= 15 is 0 Å². The van der Waals surface area contributed by atoms with Gasteiger partial charge in [-0.2, -0.15) is 5.26 Å². The average Bonchev–Trinajstić information content (AvgIpc) is 2.16. The smallest absolute Gasteiger partial charge is 0.263 e. The lowest BCUT2D eigenvalue weighted by molar-refractivity contribution is 0.101. The van der Waals surface area contributed by atoms with E-state index in [2.05, 4.69) is 0 Å². The van der Waals surface area contributed by atoms with Gasteiger partial charge in [-0.1, -0.05) is 0 Å². The van der Waals surface area contributed by atoms with Crippen molar-refractivity contribution in [1.29, 1.82) is 5.26 Å². The summed E-state index contributed by atoms with van der Waals surface area (Å²) in [4.78, 5) is 11.1. The molecule has 15 heavy (non-hydrogen) atoms. The first-order valence-corrected chi connectivity index (χ1v) is 4.10. The molecule has 0 atom stereocenters. The topological polar surface area (TPSA) is 66.9 Å². The van der Waals surface area contributed by atoms with Gasteiger partial charge in [0.1, 0.15) is 6.07 Å². The van der Waals surface area contributed by atoms with Crippen LogP contribution < -0.4 is 5.73 Å². The first kappa shape index (κ1) is 11.1. The molecule has 0 aliphatic carbocycles. The zero-order chi connectivity index (χ0) is 11.6. The van der Waals surface area contributed by atoms with E-state index in [-0.39, 0.29) is 22.4 Å². The summed E-state index contributed by atoms with van der Waals surface area (Å²) in [5.74, 6) is -0.458. The Kier molecular flexibility index (Phi) is 3.00. The van der Waals surface area contributed by atoms with Crippen LogP contribution in [0.15, 0.2) is 12.1 Å². The summed E-state index contributed by atoms with van der Waals surface area (Å²) in [7, 11) is 0. The lowest BCUT2D eigenvalue weighted by atomic mass is 10.00. The van der Waals surface area contributed by atoms with E-state index in [0.717, 1.165) is 12.1 Å². The van der Waals surface area contributed by atoms with Crippen LogP contribution in [0.25, 0.3) is 0 Å². The summed E-state index contributed by atoms with van der Waals surface area (Å²) in [5.41, 5.74) is 4.84. The summed E-state index contributed by atoms with van der Waals surface area (Å²) in [6.45, 7) is 1.20. The molecule has 0 fully saturated rings. The molecule has 2 N–H and O–H groups in total. The van der Waals surface area contributed by atoms with Crippen LogP contribution in [0.5, 0.6) is 0 Å². The van der Waals surface area contributed by atoms with Gasteiger partial charge in [0, 0.05) is 11.1 Å². The van der Waals surface area contributed by atoms with Crippen molar-refractivity contribution < 1.29 is 13.6 Å². The van der Waals surface area contributed by atoms with Gasteiger partial charge in [-0.05, 0) is 19.1 Å². The van der Waals surface area contributed by atoms with Crippen molar-refractivity contribution >= 4 is 11.5 Å². The second-order valence-electron chi connectivity index (χ2n) is 3.00. The maximum Gasteiger partial charge on any atom is 0.263 e. The molecule has 1 aromatic rings. The molecule has 1 rings (SSSR count). The van der Waals surface area contributed by atoms with Crippen LogP contribution >= 0.6 is 0 Å². The second kappa shape index (κ2) is 4.05. The molecule has 5 heteroatoms. The van der Waals surface area contributed by atoms with Gasteiger partial charge in [0.05, 0.1) is 11.3 Å². The monoisotopic (exact) mass is 210 g/mol. The molecule has 1 aromatic carbocycles. The molecule has 0 aliphatic heterocycles. The zero-order valence-electron chi connectivity index (χ0n) is 7.92. The molecule has 0 amide bonds. The number of nitrogens with zero attached hydrogens (tertiary/aromatic N) is 1. The van der Waals surface area contributed by atoms with E-state index in [1.165, 1.54) is 6.92 Å². The Hall–Kier alpha value is -1.96.